The number of aliphatic imine (C=N–C) groups is 1. The number of benzene rings is 2. The van der Waals surface area contributed by atoms with Crippen molar-refractivity contribution in [1.29, 1.82) is 0 Å². The number of aromatic nitrogens is 1. The van der Waals surface area contributed by atoms with E-state index in [1.54, 1.807) is 30.0 Å². The second-order valence-corrected chi connectivity index (χ2v) is 14.2. The molecule has 1 aromatic heterocycles. The number of hydrogen-bond donors (Lipinski definition) is 3. The zero-order valence-electron chi connectivity index (χ0n) is 27.0. The third-order valence-corrected chi connectivity index (χ3v) is 9.57. The normalized spacial score (nSPS) is 19.9. The van der Waals surface area contributed by atoms with Crippen LogP contribution in [0.3, 0.4) is 0 Å². The smallest absolute Gasteiger partial charge is 0.257 e. The van der Waals surface area contributed by atoms with Gasteiger partial charge in [0.1, 0.15) is 28.9 Å². The summed E-state index contributed by atoms with van der Waals surface area (Å²) in [4.78, 5) is 36.6. The Morgan fingerprint density at radius 2 is 1.78 bits per heavy atom. The van der Waals surface area contributed by atoms with E-state index in [0.717, 1.165) is 46.8 Å². The van der Waals surface area contributed by atoms with Gasteiger partial charge in [-0.1, -0.05) is 18.2 Å². The number of phenols is 1. The van der Waals surface area contributed by atoms with Crippen LogP contribution in [0.2, 0.25) is 0 Å². The number of amides is 2. The lowest BCUT2D eigenvalue weighted by molar-refractivity contribution is -0.122. The molecule has 2 heterocycles. The fourth-order valence-electron chi connectivity index (χ4n) is 5.57. The lowest BCUT2D eigenvalue weighted by Crippen LogP contribution is -2.46. The van der Waals surface area contributed by atoms with E-state index in [1.165, 1.54) is 0 Å². The van der Waals surface area contributed by atoms with Crippen molar-refractivity contribution in [2.75, 3.05) is 12.8 Å². The van der Waals surface area contributed by atoms with Gasteiger partial charge in [-0.3, -0.25) is 19.5 Å². The van der Waals surface area contributed by atoms with Gasteiger partial charge < -0.3 is 20.5 Å². The van der Waals surface area contributed by atoms with Crippen molar-refractivity contribution in [1.82, 2.24) is 20.5 Å². The van der Waals surface area contributed by atoms with Crippen molar-refractivity contribution in [3.8, 4) is 28.5 Å². The molecule has 1 saturated carbocycles. The summed E-state index contributed by atoms with van der Waals surface area (Å²) in [6.45, 7) is 8.92. The molecule has 1 fully saturated rings. The summed E-state index contributed by atoms with van der Waals surface area (Å²) in [6, 6.07) is 13.4. The van der Waals surface area contributed by atoms with E-state index in [9.17, 15) is 19.1 Å². The summed E-state index contributed by atoms with van der Waals surface area (Å²) in [7, 11) is 2.04. The third kappa shape index (κ3) is 8.44. The lowest BCUT2D eigenvalue weighted by Gasteiger charge is -2.32. The van der Waals surface area contributed by atoms with Crippen LogP contribution >= 0.6 is 11.8 Å². The summed E-state index contributed by atoms with van der Waals surface area (Å²) in [5, 5.41) is 17.3. The summed E-state index contributed by atoms with van der Waals surface area (Å²) >= 11 is 1.60. The number of nitrogens with one attached hydrogen (secondary N) is 2. The van der Waals surface area contributed by atoms with Crippen LogP contribution in [0.1, 0.15) is 69.3 Å². The number of aromatic hydroxyl groups is 1. The van der Waals surface area contributed by atoms with Gasteiger partial charge in [0.25, 0.3) is 5.91 Å². The Morgan fingerprint density at radius 3 is 2.46 bits per heavy atom. The highest BCUT2D eigenvalue weighted by atomic mass is 32.2. The molecular formula is C35H42FN5O4S. The summed E-state index contributed by atoms with van der Waals surface area (Å²) in [5.74, 6) is 0.137. The van der Waals surface area contributed by atoms with Gasteiger partial charge in [-0.15, -0.1) is 11.8 Å². The van der Waals surface area contributed by atoms with E-state index in [1.807, 2.05) is 38.2 Å². The second kappa shape index (κ2) is 14.2. The molecule has 1 aliphatic carbocycles. The number of thioether (sulfide) groups is 1. The molecule has 3 aromatic rings. The zero-order valence-corrected chi connectivity index (χ0v) is 27.8. The molecular weight excluding hydrogens is 605 g/mol. The molecule has 0 radical (unpaired) electrons. The van der Waals surface area contributed by atoms with Gasteiger partial charge in [-0.25, -0.2) is 9.37 Å². The molecule has 1 unspecified atom stereocenters. The van der Waals surface area contributed by atoms with Crippen LogP contribution in [0, 0.1) is 5.82 Å². The predicted octanol–water partition coefficient (Wildman–Crippen LogP) is 6.31. The Labute approximate surface area is 274 Å². The van der Waals surface area contributed by atoms with E-state index in [-0.39, 0.29) is 46.8 Å². The number of halogens is 1. The van der Waals surface area contributed by atoms with E-state index in [4.69, 9.17) is 4.74 Å². The number of pyridine rings is 1. The van der Waals surface area contributed by atoms with Crippen molar-refractivity contribution in [3.05, 3.63) is 71.7 Å². The van der Waals surface area contributed by atoms with Gasteiger partial charge in [-0.2, -0.15) is 0 Å². The van der Waals surface area contributed by atoms with Crippen LogP contribution < -0.4 is 15.4 Å². The predicted molar refractivity (Wildman–Crippen MR) is 180 cm³/mol. The van der Waals surface area contributed by atoms with Crippen molar-refractivity contribution in [3.63, 3.8) is 0 Å². The van der Waals surface area contributed by atoms with Crippen molar-refractivity contribution < 1.29 is 23.8 Å². The second-order valence-electron chi connectivity index (χ2n) is 13.0. The molecule has 0 bridgehead atoms. The van der Waals surface area contributed by atoms with Gasteiger partial charge in [0.05, 0.1) is 11.2 Å². The maximum atomic E-state index is 14.3. The molecule has 5 rings (SSSR count). The lowest BCUT2D eigenvalue weighted by atomic mass is 9.90. The number of nitrogens with zero attached hydrogens (tertiary/aromatic N) is 3. The first kappa shape index (κ1) is 33.4. The average Bonchev–Trinajstić information content (AvgIpc) is 3.45. The molecule has 2 aliphatic rings. The molecule has 2 aromatic carbocycles. The number of rotatable bonds is 9. The number of hydrogen-bond acceptors (Lipinski definition) is 8. The van der Waals surface area contributed by atoms with Crippen LogP contribution in [0.4, 0.5) is 4.39 Å². The Bertz CT molecular complexity index is 1620. The van der Waals surface area contributed by atoms with Crippen molar-refractivity contribution >= 4 is 28.6 Å². The summed E-state index contributed by atoms with van der Waals surface area (Å²) < 4.78 is 20.4. The van der Waals surface area contributed by atoms with E-state index < -0.39 is 11.7 Å². The van der Waals surface area contributed by atoms with Crippen molar-refractivity contribution in [2.24, 2.45) is 4.99 Å². The molecule has 0 saturated heterocycles. The topological polar surface area (TPSA) is 116 Å². The standard InChI is InChI=1S/C35H42FN5O4S/c1-21-38-31(20-46-21)33(44)40-26-11-9-25(10-12-26)39-32(43)30-17-24(36)18-37-34(30)45-28-8-6-7-22(16-28)29-14-13-27(42)15-23(29)19-41(5)35(2,3)4/h6-8,13-18,25-26,31,42H,9-12,19-20H2,1-5H3,(H,39,43)(H,40,44). The van der Waals surface area contributed by atoms with Gasteiger partial charge in [0.15, 0.2) is 0 Å². The SMILES string of the molecule is CC1=NC(C(=O)NC2CCC(NC(=O)c3cc(F)cnc3Oc3cccc(-c4ccc(O)cc4CN(C)C(C)(C)C)c3)CC2)CS1. The average molecular weight is 648 g/mol. The van der Waals surface area contributed by atoms with Crippen molar-refractivity contribution in [2.45, 2.75) is 83.6 Å². The van der Waals surface area contributed by atoms with Gasteiger partial charge in [0, 0.05) is 29.9 Å². The minimum Gasteiger partial charge on any atom is -0.508 e. The molecule has 0 spiro atoms. The molecule has 1 aliphatic heterocycles. The number of ether oxygens (including phenoxy) is 1. The fourth-order valence-corrected chi connectivity index (χ4v) is 6.39. The Morgan fingerprint density at radius 1 is 1.07 bits per heavy atom. The molecule has 1 atom stereocenters. The number of carbonyl (C=O) groups is 2. The molecule has 3 N–H and O–H groups in total. The largest absolute Gasteiger partial charge is 0.508 e. The highest BCUT2D eigenvalue weighted by molar-refractivity contribution is 8.14. The monoisotopic (exact) mass is 647 g/mol. The minimum atomic E-state index is -0.641. The first-order valence-corrected chi connectivity index (χ1v) is 16.6. The minimum absolute atomic E-state index is 0.000626. The van der Waals surface area contributed by atoms with Gasteiger partial charge in [-0.05, 0) is 107 Å². The van der Waals surface area contributed by atoms with Crippen LogP contribution in [0.25, 0.3) is 11.1 Å². The molecule has 9 nitrogen and oxygen atoms in total. The zero-order chi connectivity index (χ0) is 33.0. The highest BCUT2D eigenvalue weighted by Crippen LogP contribution is 2.33. The summed E-state index contributed by atoms with van der Waals surface area (Å²) in [6.07, 6.45) is 3.83. The van der Waals surface area contributed by atoms with Gasteiger partial charge >= 0.3 is 0 Å². The molecule has 244 valence electrons. The quantitative estimate of drug-likeness (QED) is 0.249. The number of carbonyl (C=O) groups excluding carboxylic acids is 2. The Balaban J connectivity index is 1.26. The first-order valence-electron chi connectivity index (χ1n) is 15.6. The Kier molecular flexibility index (Phi) is 10.3. The van der Waals surface area contributed by atoms with Crippen LogP contribution in [-0.2, 0) is 11.3 Å². The summed E-state index contributed by atoms with van der Waals surface area (Å²) in [5.41, 5.74) is 2.67. The molecule has 2 amide bonds. The fraction of sp³-hybridized carbons (Fsp3) is 0.429. The number of phenolic OH excluding ortho intramolecular Hbond substituents is 1. The van der Waals surface area contributed by atoms with Gasteiger partial charge in [0.2, 0.25) is 11.8 Å². The van der Waals surface area contributed by atoms with Crippen LogP contribution in [0.5, 0.6) is 17.4 Å². The van der Waals surface area contributed by atoms with E-state index >= 15 is 0 Å². The van der Waals surface area contributed by atoms with E-state index in [0.29, 0.717) is 30.9 Å². The van der Waals surface area contributed by atoms with Crippen LogP contribution in [-0.4, -0.2) is 68.3 Å². The highest BCUT2D eigenvalue weighted by Gasteiger charge is 2.29. The Hall–Kier alpha value is -3.96. The maximum Gasteiger partial charge on any atom is 0.257 e. The third-order valence-electron chi connectivity index (χ3n) is 8.56. The first-order chi connectivity index (χ1) is 21.9. The maximum absolute atomic E-state index is 14.3. The van der Waals surface area contributed by atoms with Crippen LogP contribution in [0.15, 0.2) is 59.7 Å². The molecule has 11 heteroatoms. The van der Waals surface area contributed by atoms with E-state index in [2.05, 4.69) is 46.3 Å². The molecule has 46 heavy (non-hydrogen) atoms.